The van der Waals surface area contributed by atoms with E-state index in [-0.39, 0.29) is 29.9 Å². The number of carbonyl (C=O) groups excluding carboxylic acids is 2. The van der Waals surface area contributed by atoms with Crippen LogP contribution in [-0.2, 0) is 11.3 Å². The minimum Gasteiger partial charge on any atom is -0.350 e. The molecule has 0 aliphatic heterocycles. The molecule has 0 atom stereocenters. The summed E-state index contributed by atoms with van der Waals surface area (Å²) >= 11 is 0. The van der Waals surface area contributed by atoms with Gasteiger partial charge in [-0.2, -0.15) is 0 Å². The van der Waals surface area contributed by atoms with Gasteiger partial charge in [0.25, 0.3) is 17.2 Å². The van der Waals surface area contributed by atoms with Crippen LogP contribution in [0.1, 0.15) is 27.2 Å². The number of rotatable bonds is 6. The van der Waals surface area contributed by atoms with Gasteiger partial charge in [-0.15, -0.1) is 0 Å². The smallest absolute Gasteiger partial charge is 0.270 e. The number of benzene rings is 1. The number of hydrogen-bond acceptors (Lipinski definition) is 5. The second kappa shape index (κ2) is 8.06. The third-order valence-corrected chi connectivity index (χ3v) is 3.68. The van der Waals surface area contributed by atoms with E-state index in [1.54, 1.807) is 19.9 Å². The van der Waals surface area contributed by atoms with Gasteiger partial charge >= 0.3 is 0 Å². The van der Waals surface area contributed by atoms with E-state index in [2.05, 4.69) is 15.6 Å². The van der Waals surface area contributed by atoms with Gasteiger partial charge in [-0.05, 0) is 31.5 Å². The van der Waals surface area contributed by atoms with Gasteiger partial charge in [-0.3, -0.25) is 24.5 Å². The standard InChI is InChI=1S/C17H18N4O5/c1-10-6-11(2)20-17(24)14(10)8-18-15(22)9-19-16(23)12-4-3-5-13(7-12)21(25)26/h3-7H,8-9H2,1-2H3,(H,18,22)(H,19,23)(H,20,24). The van der Waals surface area contributed by atoms with Crippen LogP contribution in [0.15, 0.2) is 35.1 Å². The molecular formula is C17H18N4O5. The van der Waals surface area contributed by atoms with Crippen molar-refractivity contribution < 1.29 is 14.5 Å². The van der Waals surface area contributed by atoms with Crippen molar-refractivity contribution in [3.05, 3.63) is 73.2 Å². The molecule has 1 aromatic heterocycles. The number of carbonyl (C=O) groups is 2. The van der Waals surface area contributed by atoms with Crippen molar-refractivity contribution in [2.24, 2.45) is 0 Å². The number of nitro groups is 1. The van der Waals surface area contributed by atoms with Gasteiger partial charge in [-0.25, -0.2) is 0 Å². The summed E-state index contributed by atoms with van der Waals surface area (Å²) in [6.45, 7) is 3.26. The molecule has 0 saturated carbocycles. The number of amides is 2. The number of nitro benzene ring substituents is 1. The first-order valence-corrected chi connectivity index (χ1v) is 7.76. The molecule has 0 aliphatic carbocycles. The van der Waals surface area contributed by atoms with Crippen molar-refractivity contribution in [1.29, 1.82) is 0 Å². The minimum atomic E-state index is -0.606. The average molecular weight is 358 g/mol. The van der Waals surface area contributed by atoms with E-state index in [0.717, 1.165) is 17.3 Å². The van der Waals surface area contributed by atoms with Crippen molar-refractivity contribution in [2.75, 3.05) is 6.54 Å². The highest BCUT2D eigenvalue weighted by atomic mass is 16.6. The van der Waals surface area contributed by atoms with Crippen LogP contribution < -0.4 is 16.2 Å². The Labute approximate surface area is 148 Å². The Bertz CT molecular complexity index is 920. The molecule has 2 amide bonds. The fraction of sp³-hybridized carbons (Fsp3) is 0.235. The van der Waals surface area contributed by atoms with Gasteiger partial charge in [0.15, 0.2) is 0 Å². The second-order valence-corrected chi connectivity index (χ2v) is 5.71. The molecule has 136 valence electrons. The maximum atomic E-state index is 12.0. The molecule has 1 heterocycles. The molecule has 26 heavy (non-hydrogen) atoms. The summed E-state index contributed by atoms with van der Waals surface area (Å²) in [7, 11) is 0. The fourth-order valence-corrected chi connectivity index (χ4v) is 2.37. The van der Waals surface area contributed by atoms with Crippen LogP contribution >= 0.6 is 0 Å². The number of nitrogens with one attached hydrogen (secondary N) is 3. The number of aromatic amines is 1. The average Bonchev–Trinajstić information content (AvgIpc) is 2.58. The van der Waals surface area contributed by atoms with Crippen LogP contribution in [0.4, 0.5) is 5.69 Å². The highest BCUT2D eigenvalue weighted by Crippen LogP contribution is 2.12. The number of H-pyrrole nitrogens is 1. The summed E-state index contributed by atoms with van der Waals surface area (Å²) in [6.07, 6.45) is 0. The van der Waals surface area contributed by atoms with Crippen molar-refractivity contribution in [1.82, 2.24) is 15.6 Å². The van der Waals surface area contributed by atoms with Gasteiger partial charge in [0.1, 0.15) is 0 Å². The van der Waals surface area contributed by atoms with Gasteiger partial charge in [0.2, 0.25) is 5.91 Å². The molecule has 2 rings (SSSR count). The summed E-state index contributed by atoms with van der Waals surface area (Å²) < 4.78 is 0. The van der Waals surface area contributed by atoms with Crippen LogP contribution in [0, 0.1) is 24.0 Å². The first kappa shape index (κ1) is 18.8. The van der Waals surface area contributed by atoms with Gasteiger partial charge in [0.05, 0.1) is 11.5 Å². The SMILES string of the molecule is Cc1cc(C)c(CNC(=O)CNC(=O)c2cccc([N+](=O)[O-])c2)c(=O)[nH]1. The molecule has 1 aromatic carbocycles. The normalized spacial score (nSPS) is 10.2. The van der Waals surface area contributed by atoms with E-state index in [9.17, 15) is 24.5 Å². The first-order valence-electron chi connectivity index (χ1n) is 7.76. The van der Waals surface area contributed by atoms with Crippen LogP contribution in [0.25, 0.3) is 0 Å². The van der Waals surface area contributed by atoms with E-state index >= 15 is 0 Å². The fourth-order valence-electron chi connectivity index (χ4n) is 2.37. The van der Waals surface area contributed by atoms with Crippen molar-refractivity contribution >= 4 is 17.5 Å². The molecule has 9 heteroatoms. The lowest BCUT2D eigenvalue weighted by Gasteiger charge is -2.09. The Balaban J connectivity index is 1.91. The molecular weight excluding hydrogens is 340 g/mol. The summed E-state index contributed by atoms with van der Waals surface area (Å²) in [5, 5.41) is 15.7. The summed E-state index contributed by atoms with van der Waals surface area (Å²) in [4.78, 5) is 48.5. The van der Waals surface area contributed by atoms with Crippen LogP contribution in [0.5, 0.6) is 0 Å². The van der Waals surface area contributed by atoms with Crippen molar-refractivity contribution in [3.63, 3.8) is 0 Å². The number of aromatic nitrogens is 1. The summed E-state index contributed by atoms with van der Waals surface area (Å²) in [6, 6.07) is 7.00. The summed E-state index contributed by atoms with van der Waals surface area (Å²) in [5.74, 6) is -1.09. The molecule has 0 aliphatic rings. The molecule has 0 bridgehead atoms. The molecule has 0 fully saturated rings. The maximum Gasteiger partial charge on any atom is 0.270 e. The maximum absolute atomic E-state index is 12.0. The van der Waals surface area contributed by atoms with Crippen LogP contribution in [0.3, 0.4) is 0 Å². The van der Waals surface area contributed by atoms with Crippen LogP contribution in [-0.4, -0.2) is 28.3 Å². The lowest BCUT2D eigenvalue weighted by Crippen LogP contribution is -2.37. The predicted octanol–water partition coefficient (Wildman–Crippen LogP) is 0.946. The van der Waals surface area contributed by atoms with E-state index in [1.165, 1.54) is 18.2 Å². The highest BCUT2D eigenvalue weighted by Gasteiger charge is 2.13. The topological polar surface area (TPSA) is 134 Å². The van der Waals surface area contributed by atoms with Crippen molar-refractivity contribution in [3.8, 4) is 0 Å². The lowest BCUT2D eigenvalue weighted by molar-refractivity contribution is -0.384. The first-order chi connectivity index (χ1) is 12.3. The number of hydrogen-bond donors (Lipinski definition) is 3. The van der Waals surface area contributed by atoms with Crippen molar-refractivity contribution in [2.45, 2.75) is 20.4 Å². The Morgan fingerprint density at radius 3 is 2.58 bits per heavy atom. The number of nitrogens with zero attached hydrogens (tertiary/aromatic N) is 1. The molecule has 9 nitrogen and oxygen atoms in total. The van der Waals surface area contributed by atoms with Gasteiger partial charge < -0.3 is 15.6 Å². The van der Waals surface area contributed by atoms with Gasteiger partial charge in [-0.1, -0.05) is 6.07 Å². The third-order valence-electron chi connectivity index (χ3n) is 3.68. The Kier molecular flexibility index (Phi) is 5.84. The Hall–Kier alpha value is -3.49. The van der Waals surface area contributed by atoms with Gasteiger partial charge in [0, 0.05) is 35.5 Å². The zero-order valence-corrected chi connectivity index (χ0v) is 14.3. The highest BCUT2D eigenvalue weighted by molar-refractivity contribution is 5.96. The third kappa shape index (κ3) is 4.76. The largest absolute Gasteiger partial charge is 0.350 e. The Morgan fingerprint density at radius 2 is 1.92 bits per heavy atom. The molecule has 0 radical (unpaired) electrons. The zero-order chi connectivity index (χ0) is 19.3. The quantitative estimate of drug-likeness (QED) is 0.522. The van der Waals surface area contributed by atoms with E-state index in [0.29, 0.717) is 5.56 Å². The number of aryl methyl sites for hydroxylation is 2. The second-order valence-electron chi connectivity index (χ2n) is 5.71. The molecule has 3 N–H and O–H groups in total. The number of non-ortho nitro benzene ring substituents is 1. The lowest BCUT2D eigenvalue weighted by atomic mass is 10.1. The Morgan fingerprint density at radius 1 is 1.19 bits per heavy atom. The minimum absolute atomic E-state index is 0.0347. The van der Waals surface area contributed by atoms with E-state index in [4.69, 9.17) is 0 Å². The zero-order valence-electron chi connectivity index (χ0n) is 14.3. The van der Waals surface area contributed by atoms with Crippen LogP contribution in [0.2, 0.25) is 0 Å². The molecule has 2 aromatic rings. The monoisotopic (exact) mass is 358 g/mol. The number of pyridine rings is 1. The van der Waals surface area contributed by atoms with E-state index in [1.807, 2.05) is 0 Å². The predicted molar refractivity (Wildman–Crippen MR) is 93.8 cm³/mol. The summed E-state index contributed by atoms with van der Waals surface area (Å²) in [5.41, 5.74) is 1.52. The molecule has 0 unspecified atom stereocenters. The molecule has 0 spiro atoms. The molecule has 0 saturated heterocycles. The van der Waals surface area contributed by atoms with E-state index < -0.39 is 16.7 Å².